The summed E-state index contributed by atoms with van der Waals surface area (Å²) in [5.74, 6) is 0. The van der Waals surface area contributed by atoms with Gasteiger partial charge in [-0.2, -0.15) is 0 Å². The Morgan fingerprint density at radius 1 is 1.43 bits per heavy atom. The van der Waals surface area contributed by atoms with Gasteiger partial charge in [0.05, 0.1) is 26.4 Å². The lowest BCUT2D eigenvalue weighted by Gasteiger charge is -2.22. The fraction of sp³-hybridized carbons (Fsp3) is 0.625. The standard InChI is InChI=1S/C8H10BrNO3S/c9-6-3-14-7(10-6)8(11)4-12-1-2-13-5-8/h3,11H,1-2,4-5H2. The zero-order chi connectivity index (χ0) is 10.0. The normalized spacial score (nSPS) is 21.9. The molecule has 1 aliphatic rings. The van der Waals surface area contributed by atoms with E-state index in [2.05, 4.69) is 20.9 Å². The van der Waals surface area contributed by atoms with Crippen molar-refractivity contribution >= 4 is 27.3 Å². The molecule has 0 aliphatic carbocycles. The van der Waals surface area contributed by atoms with Crippen LogP contribution in [0.5, 0.6) is 0 Å². The molecule has 0 unspecified atom stereocenters. The first kappa shape index (κ1) is 10.5. The van der Waals surface area contributed by atoms with Crippen LogP contribution in [-0.4, -0.2) is 36.5 Å². The molecule has 4 nitrogen and oxygen atoms in total. The Hall–Kier alpha value is -0.0100. The molecular weight excluding hydrogens is 270 g/mol. The van der Waals surface area contributed by atoms with Gasteiger partial charge in [0, 0.05) is 5.38 Å². The number of hydrogen-bond donors (Lipinski definition) is 1. The molecule has 0 aromatic carbocycles. The summed E-state index contributed by atoms with van der Waals surface area (Å²) in [6.07, 6.45) is 0. The van der Waals surface area contributed by atoms with Gasteiger partial charge in [0.25, 0.3) is 0 Å². The van der Waals surface area contributed by atoms with Gasteiger partial charge in [-0.1, -0.05) is 0 Å². The molecule has 0 amide bonds. The summed E-state index contributed by atoms with van der Waals surface area (Å²) in [6.45, 7) is 1.53. The number of ether oxygens (including phenoxy) is 2. The van der Waals surface area contributed by atoms with Crippen LogP contribution < -0.4 is 0 Å². The molecule has 2 rings (SSSR count). The van der Waals surface area contributed by atoms with Gasteiger partial charge in [-0.05, 0) is 15.9 Å². The lowest BCUT2D eigenvalue weighted by Crippen LogP contribution is -2.34. The number of halogens is 1. The van der Waals surface area contributed by atoms with Crippen LogP contribution in [0, 0.1) is 0 Å². The summed E-state index contributed by atoms with van der Waals surface area (Å²) >= 11 is 4.65. The van der Waals surface area contributed by atoms with Gasteiger partial charge in [0.15, 0.2) is 5.60 Å². The first-order chi connectivity index (χ1) is 6.71. The molecule has 0 saturated carbocycles. The second-order valence-electron chi connectivity index (χ2n) is 3.11. The first-order valence-corrected chi connectivity index (χ1v) is 5.87. The minimum Gasteiger partial charge on any atom is -0.378 e. The number of hydrogen-bond acceptors (Lipinski definition) is 5. The molecule has 1 aromatic heterocycles. The maximum absolute atomic E-state index is 10.2. The third-order valence-corrected chi connectivity index (χ3v) is 3.67. The van der Waals surface area contributed by atoms with E-state index in [1.54, 1.807) is 0 Å². The Bertz CT molecular complexity index is 309. The van der Waals surface area contributed by atoms with Crippen LogP contribution >= 0.6 is 27.3 Å². The van der Waals surface area contributed by atoms with Gasteiger partial charge >= 0.3 is 0 Å². The summed E-state index contributed by atoms with van der Waals surface area (Å²) in [6, 6.07) is 0. The van der Waals surface area contributed by atoms with E-state index in [1.807, 2.05) is 5.38 Å². The molecule has 0 atom stereocenters. The van der Waals surface area contributed by atoms with Gasteiger partial charge in [-0.25, -0.2) is 4.98 Å². The number of nitrogens with zero attached hydrogens (tertiary/aromatic N) is 1. The lowest BCUT2D eigenvalue weighted by atomic mass is 10.1. The molecule has 14 heavy (non-hydrogen) atoms. The number of thiazole rings is 1. The predicted molar refractivity (Wildman–Crippen MR) is 55.3 cm³/mol. The maximum atomic E-state index is 10.2. The highest BCUT2D eigenvalue weighted by atomic mass is 79.9. The number of rotatable bonds is 1. The topological polar surface area (TPSA) is 51.6 Å². The summed E-state index contributed by atoms with van der Waals surface area (Å²) in [7, 11) is 0. The van der Waals surface area contributed by atoms with Crippen LogP contribution in [0.3, 0.4) is 0 Å². The minimum absolute atomic E-state index is 0.243. The van der Waals surface area contributed by atoms with Gasteiger partial charge < -0.3 is 14.6 Å². The monoisotopic (exact) mass is 279 g/mol. The molecule has 2 heterocycles. The number of aromatic nitrogens is 1. The van der Waals surface area contributed by atoms with Gasteiger partial charge in [0.2, 0.25) is 0 Å². The van der Waals surface area contributed by atoms with Crippen molar-refractivity contribution in [1.82, 2.24) is 4.98 Å². The van der Waals surface area contributed by atoms with E-state index in [9.17, 15) is 5.11 Å². The Kier molecular flexibility index (Phi) is 3.18. The average Bonchev–Trinajstić information content (AvgIpc) is 2.47. The van der Waals surface area contributed by atoms with E-state index in [-0.39, 0.29) is 13.2 Å². The Balaban J connectivity index is 2.20. The second kappa shape index (κ2) is 4.24. The molecule has 0 spiro atoms. The molecule has 1 fully saturated rings. The van der Waals surface area contributed by atoms with Crippen molar-refractivity contribution in [3.63, 3.8) is 0 Å². The van der Waals surface area contributed by atoms with Gasteiger partial charge in [0.1, 0.15) is 9.61 Å². The Morgan fingerprint density at radius 2 is 2.07 bits per heavy atom. The largest absolute Gasteiger partial charge is 0.378 e. The van der Waals surface area contributed by atoms with Crippen LogP contribution in [0.4, 0.5) is 0 Å². The zero-order valence-electron chi connectivity index (χ0n) is 7.40. The molecule has 0 radical (unpaired) electrons. The van der Waals surface area contributed by atoms with Crippen molar-refractivity contribution in [1.29, 1.82) is 0 Å². The van der Waals surface area contributed by atoms with E-state index in [0.29, 0.717) is 18.2 Å². The highest BCUT2D eigenvalue weighted by Gasteiger charge is 2.34. The van der Waals surface area contributed by atoms with E-state index >= 15 is 0 Å². The first-order valence-electron chi connectivity index (χ1n) is 4.20. The van der Waals surface area contributed by atoms with E-state index in [4.69, 9.17) is 9.47 Å². The summed E-state index contributed by atoms with van der Waals surface area (Å²) in [5.41, 5.74) is -1.09. The quantitative estimate of drug-likeness (QED) is 0.838. The van der Waals surface area contributed by atoms with Crippen molar-refractivity contribution in [2.45, 2.75) is 5.60 Å². The van der Waals surface area contributed by atoms with Crippen LogP contribution in [0.2, 0.25) is 0 Å². The molecular formula is C8H10BrNO3S. The summed E-state index contributed by atoms with van der Waals surface area (Å²) in [5, 5.41) is 12.7. The van der Waals surface area contributed by atoms with E-state index in [0.717, 1.165) is 4.60 Å². The van der Waals surface area contributed by atoms with E-state index in [1.165, 1.54) is 11.3 Å². The smallest absolute Gasteiger partial charge is 0.162 e. The molecule has 1 aliphatic heterocycles. The third-order valence-electron chi connectivity index (χ3n) is 1.93. The SMILES string of the molecule is OC1(c2nc(Br)cs2)COCCOC1. The third kappa shape index (κ3) is 2.14. The maximum Gasteiger partial charge on any atom is 0.162 e. The van der Waals surface area contributed by atoms with Gasteiger partial charge in [-0.3, -0.25) is 0 Å². The molecule has 1 aromatic rings. The zero-order valence-corrected chi connectivity index (χ0v) is 9.81. The Labute approximate surface area is 94.0 Å². The highest BCUT2D eigenvalue weighted by molar-refractivity contribution is 9.10. The van der Waals surface area contributed by atoms with Crippen LogP contribution in [0.1, 0.15) is 5.01 Å². The summed E-state index contributed by atoms with van der Waals surface area (Å²) in [4.78, 5) is 4.17. The van der Waals surface area contributed by atoms with Crippen LogP contribution in [-0.2, 0) is 15.1 Å². The predicted octanol–water partition coefficient (Wildman–Crippen LogP) is 1.14. The molecule has 1 saturated heterocycles. The van der Waals surface area contributed by atoms with Crippen molar-refractivity contribution in [2.75, 3.05) is 26.4 Å². The molecule has 78 valence electrons. The van der Waals surface area contributed by atoms with Crippen LogP contribution in [0.25, 0.3) is 0 Å². The summed E-state index contributed by atoms with van der Waals surface area (Å²) < 4.78 is 11.2. The molecule has 1 N–H and O–H groups in total. The second-order valence-corrected chi connectivity index (χ2v) is 4.78. The van der Waals surface area contributed by atoms with Crippen molar-refractivity contribution < 1.29 is 14.6 Å². The fourth-order valence-corrected chi connectivity index (χ4v) is 2.56. The lowest BCUT2D eigenvalue weighted by molar-refractivity contribution is -0.0601. The van der Waals surface area contributed by atoms with E-state index < -0.39 is 5.60 Å². The molecule has 6 heteroatoms. The van der Waals surface area contributed by atoms with Crippen LogP contribution in [0.15, 0.2) is 9.98 Å². The average molecular weight is 280 g/mol. The Morgan fingerprint density at radius 3 is 2.57 bits per heavy atom. The fourth-order valence-electron chi connectivity index (χ4n) is 1.23. The highest BCUT2D eigenvalue weighted by Crippen LogP contribution is 2.28. The van der Waals surface area contributed by atoms with Crippen molar-refractivity contribution in [3.05, 3.63) is 15.0 Å². The minimum atomic E-state index is -1.09. The molecule has 0 bridgehead atoms. The van der Waals surface area contributed by atoms with Crippen molar-refractivity contribution in [3.8, 4) is 0 Å². The van der Waals surface area contributed by atoms with Gasteiger partial charge in [-0.15, -0.1) is 11.3 Å². The number of aliphatic hydroxyl groups is 1. The van der Waals surface area contributed by atoms with Crippen molar-refractivity contribution in [2.24, 2.45) is 0 Å².